The highest BCUT2D eigenvalue weighted by Gasteiger charge is 2.49. The fourth-order valence-electron chi connectivity index (χ4n) is 7.41. The van der Waals surface area contributed by atoms with E-state index in [1.165, 1.54) is 4.68 Å². The van der Waals surface area contributed by atoms with Crippen LogP contribution in [0.3, 0.4) is 0 Å². The number of benzene rings is 1. The summed E-state index contributed by atoms with van der Waals surface area (Å²) >= 11 is 6.78. The molecule has 46 heavy (non-hydrogen) atoms. The summed E-state index contributed by atoms with van der Waals surface area (Å²) in [6.07, 6.45) is 4.93. The van der Waals surface area contributed by atoms with Gasteiger partial charge < -0.3 is 15.4 Å². The minimum Gasteiger partial charge on any atom is -0.461 e. The minimum absolute atomic E-state index is 0.0133. The maximum atomic E-state index is 16.7. The highest BCUT2D eigenvalue weighted by atomic mass is 35.5. The first-order valence-electron chi connectivity index (χ1n) is 15.9. The summed E-state index contributed by atoms with van der Waals surface area (Å²) in [6.45, 7) is 6.17. The molecule has 3 fully saturated rings. The molecule has 10 nitrogen and oxygen atoms in total. The van der Waals surface area contributed by atoms with Gasteiger partial charge in [-0.3, -0.25) is 9.69 Å². The van der Waals surface area contributed by atoms with Crippen LogP contribution < -0.4 is 15.4 Å². The van der Waals surface area contributed by atoms with Gasteiger partial charge in [-0.2, -0.15) is 15.1 Å². The number of halogens is 3. The van der Waals surface area contributed by atoms with E-state index in [4.69, 9.17) is 27.1 Å². The molecule has 0 aliphatic carbocycles. The van der Waals surface area contributed by atoms with Gasteiger partial charge in [-0.25, -0.2) is 18.4 Å². The van der Waals surface area contributed by atoms with Gasteiger partial charge in [0, 0.05) is 43.6 Å². The van der Waals surface area contributed by atoms with Gasteiger partial charge in [0.25, 0.3) is 0 Å². The molecule has 3 atom stereocenters. The molecule has 2 N–H and O–H groups in total. The molecular weight excluding hydrogens is 614 g/mol. The first kappa shape index (κ1) is 30.7. The number of fused-ring (bicyclic) bond motifs is 2. The molecular formula is C33H37ClF2N8O2. The smallest absolute Gasteiger partial charge is 0.319 e. The number of alkyl halides is 1. The lowest BCUT2D eigenvalue weighted by atomic mass is 9.95. The Morgan fingerprint density at radius 3 is 2.78 bits per heavy atom. The van der Waals surface area contributed by atoms with Gasteiger partial charge in [0.05, 0.1) is 27.5 Å². The first-order chi connectivity index (χ1) is 22.1. The first-order valence-corrected chi connectivity index (χ1v) is 16.3. The van der Waals surface area contributed by atoms with Crippen molar-refractivity contribution >= 4 is 40.0 Å². The summed E-state index contributed by atoms with van der Waals surface area (Å²) in [5.74, 6) is -0.201. The summed E-state index contributed by atoms with van der Waals surface area (Å²) in [5, 5.41) is 4.89. The standard InChI is InChI=1S/C33H37ClF2N8O2/c1-19-6-7-25(37)38-28(19)26-24(34)15-23-29(27(26)36)39-32(46-18-33-10-4-12-43(33)17-22(35)16-33)40-30(23)42-11-3-5-21(9-13-42)31(45)44-14-8-20(2)41-44/h6-8,14-15,21-22H,3-5,9-13,16-18H2,1-2H3,(H2,37,38)/t21?,22-,33+/m1/s1. The molecule has 6 heterocycles. The van der Waals surface area contributed by atoms with Crippen molar-refractivity contribution in [2.45, 2.75) is 64.1 Å². The number of aromatic nitrogens is 5. The third-order valence-electron chi connectivity index (χ3n) is 9.75. The number of pyridine rings is 1. The molecule has 3 saturated heterocycles. The molecule has 1 aromatic carbocycles. The zero-order chi connectivity index (χ0) is 32.2. The average Bonchev–Trinajstić information content (AvgIpc) is 3.65. The van der Waals surface area contributed by atoms with Crippen molar-refractivity contribution in [3.63, 3.8) is 0 Å². The minimum atomic E-state index is -0.911. The van der Waals surface area contributed by atoms with Gasteiger partial charge in [-0.1, -0.05) is 17.7 Å². The van der Waals surface area contributed by atoms with Crippen molar-refractivity contribution in [2.75, 3.05) is 43.4 Å². The van der Waals surface area contributed by atoms with Crippen LogP contribution in [-0.2, 0) is 0 Å². The van der Waals surface area contributed by atoms with Gasteiger partial charge in [0.1, 0.15) is 29.9 Å². The van der Waals surface area contributed by atoms with E-state index in [0.717, 1.165) is 31.5 Å². The Kier molecular flexibility index (Phi) is 8.04. The fourth-order valence-corrected chi connectivity index (χ4v) is 7.69. The zero-order valence-electron chi connectivity index (χ0n) is 26.0. The average molecular weight is 651 g/mol. The van der Waals surface area contributed by atoms with Crippen LogP contribution in [-0.4, -0.2) is 80.0 Å². The molecule has 242 valence electrons. The Bertz CT molecular complexity index is 1820. The summed E-state index contributed by atoms with van der Waals surface area (Å²) in [4.78, 5) is 31.2. The van der Waals surface area contributed by atoms with Gasteiger partial charge in [0.15, 0.2) is 5.82 Å². The number of hydrogen-bond donors (Lipinski definition) is 1. The molecule has 0 radical (unpaired) electrons. The van der Waals surface area contributed by atoms with E-state index in [-0.39, 0.29) is 46.4 Å². The highest BCUT2D eigenvalue weighted by Crippen LogP contribution is 2.42. The largest absolute Gasteiger partial charge is 0.461 e. The van der Waals surface area contributed by atoms with E-state index in [1.54, 1.807) is 24.4 Å². The molecule has 1 unspecified atom stereocenters. The molecule has 3 aliphatic rings. The van der Waals surface area contributed by atoms with Gasteiger partial charge in [-0.15, -0.1) is 0 Å². The van der Waals surface area contributed by atoms with Crippen LogP contribution in [0.2, 0.25) is 5.02 Å². The number of aryl methyl sites for hydroxylation is 2. The highest BCUT2D eigenvalue weighted by molar-refractivity contribution is 6.34. The zero-order valence-corrected chi connectivity index (χ0v) is 26.7. The summed E-state index contributed by atoms with van der Waals surface area (Å²) < 4.78 is 38.8. The predicted octanol–water partition coefficient (Wildman–Crippen LogP) is 5.78. The fraction of sp³-hybridized carbons (Fsp3) is 0.485. The molecule has 13 heteroatoms. The maximum Gasteiger partial charge on any atom is 0.319 e. The number of nitrogens with zero attached hydrogens (tertiary/aromatic N) is 7. The van der Waals surface area contributed by atoms with Gasteiger partial charge in [-0.05, 0) is 76.3 Å². The quantitative estimate of drug-likeness (QED) is 0.277. The van der Waals surface area contributed by atoms with Gasteiger partial charge in [0.2, 0.25) is 5.91 Å². The van der Waals surface area contributed by atoms with E-state index >= 15 is 4.39 Å². The molecule has 0 amide bonds. The van der Waals surface area contributed by atoms with E-state index in [1.807, 2.05) is 24.8 Å². The monoisotopic (exact) mass is 650 g/mol. The number of carbonyl (C=O) groups is 1. The Balaban J connectivity index is 1.27. The van der Waals surface area contributed by atoms with E-state index in [9.17, 15) is 9.18 Å². The topological polar surface area (TPSA) is 115 Å². The second kappa shape index (κ2) is 12.0. The second-order valence-electron chi connectivity index (χ2n) is 12.9. The maximum absolute atomic E-state index is 16.7. The number of anilines is 2. The number of rotatable bonds is 6. The molecule has 3 aliphatic heterocycles. The second-order valence-corrected chi connectivity index (χ2v) is 13.3. The van der Waals surface area contributed by atoms with Crippen molar-refractivity contribution < 1.29 is 18.3 Å². The number of carbonyl (C=O) groups excluding carboxylic acids is 1. The molecule has 0 bridgehead atoms. The summed E-state index contributed by atoms with van der Waals surface area (Å²) in [5.41, 5.74) is 7.51. The van der Waals surface area contributed by atoms with Gasteiger partial charge >= 0.3 is 6.01 Å². The van der Waals surface area contributed by atoms with Crippen LogP contribution in [0.1, 0.15) is 54.6 Å². The molecule has 0 spiro atoms. The normalized spacial score (nSPS) is 23.5. The van der Waals surface area contributed by atoms with Crippen LogP contribution in [0.4, 0.5) is 20.4 Å². The summed E-state index contributed by atoms with van der Waals surface area (Å²) in [6, 6.07) is 6.91. The van der Waals surface area contributed by atoms with Crippen LogP contribution in [0, 0.1) is 25.6 Å². The number of nitrogen functional groups attached to an aromatic ring is 1. The van der Waals surface area contributed by atoms with Crippen LogP contribution in [0.25, 0.3) is 22.2 Å². The van der Waals surface area contributed by atoms with Crippen molar-refractivity contribution in [2.24, 2.45) is 5.92 Å². The molecule has 7 rings (SSSR count). The van der Waals surface area contributed by atoms with E-state index in [2.05, 4.69) is 20.0 Å². The lowest BCUT2D eigenvalue weighted by Gasteiger charge is -2.31. The third kappa shape index (κ3) is 5.55. The molecule has 3 aromatic heterocycles. The van der Waals surface area contributed by atoms with Crippen molar-refractivity contribution in [3.05, 3.63) is 52.6 Å². The Hall–Kier alpha value is -3.90. The van der Waals surface area contributed by atoms with E-state index in [0.29, 0.717) is 61.4 Å². The number of ether oxygens (including phenoxy) is 1. The van der Waals surface area contributed by atoms with Crippen LogP contribution in [0.5, 0.6) is 6.01 Å². The SMILES string of the molecule is Cc1ccn(C(=O)C2CCCN(c3nc(OC[C@@]45CCCN4C[C@H](F)C5)nc4c(F)c(-c5nc(N)ccc5C)c(Cl)cc34)CC2)n1. The molecule has 0 saturated carbocycles. The van der Waals surface area contributed by atoms with Crippen LogP contribution in [0.15, 0.2) is 30.5 Å². The lowest BCUT2D eigenvalue weighted by Crippen LogP contribution is -2.43. The van der Waals surface area contributed by atoms with Crippen molar-refractivity contribution in [3.8, 4) is 17.3 Å². The Labute approximate surface area is 270 Å². The van der Waals surface area contributed by atoms with E-state index < -0.39 is 17.5 Å². The lowest BCUT2D eigenvalue weighted by molar-refractivity contribution is 0.0806. The Morgan fingerprint density at radius 2 is 1.98 bits per heavy atom. The van der Waals surface area contributed by atoms with Crippen molar-refractivity contribution in [1.82, 2.24) is 29.6 Å². The van der Waals surface area contributed by atoms with Crippen molar-refractivity contribution in [1.29, 1.82) is 0 Å². The Morgan fingerprint density at radius 1 is 1.13 bits per heavy atom. The molecule has 4 aromatic rings. The summed E-state index contributed by atoms with van der Waals surface area (Å²) in [7, 11) is 0. The predicted molar refractivity (Wildman–Crippen MR) is 173 cm³/mol. The third-order valence-corrected chi connectivity index (χ3v) is 10.1. The number of nitrogens with two attached hydrogens (primary N) is 1. The van der Waals surface area contributed by atoms with Crippen LogP contribution >= 0.6 is 11.6 Å². The number of hydrogen-bond acceptors (Lipinski definition) is 9.